The van der Waals surface area contributed by atoms with Crippen molar-refractivity contribution in [2.75, 3.05) is 17.2 Å². The van der Waals surface area contributed by atoms with Crippen LogP contribution in [-0.2, 0) is 4.79 Å². The van der Waals surface area contributed by atoms with Crippen molar-refractivity contribution in [1.82, 2.24) is 4.90 Å². The Bertz CT molecular complexity index is 519. The molecule has 2 aliphatic rings. The molecule has 1 atom stereocenters. The number of carbonyl (C=O) groups excluding carboxylic acids is 2. The molecule has 5 heteroatoms. The maximum Gasteiger partial charge on any atom is 0.332 e. The molecule has 1 aromatic rings. The van der Waals surface area contributed by atoms with E-state index in [0.29, 0.717) is 17.9 Å². The van der Waals surface area contributed by atoms with Crippen LogP contribution in [0.3, 0.4) is 0 Å². The van der Waals surface area contributed by atoms with Crippen molar-refractivity contribution < 1.29 is 9.59 Å². The first kappa shape index (κ1) is 11.1. The summed E-state index contributed by atoms with van der Waals surface area (Å²) in [6, 6.07) is 4.81. The number of aryl methyl sites for hydroxylation is 1. The van der Waals surface area contributed by atoms with Gasteiger partial charge in [-0.2, -0.15) is 0 Å². The first-order chi connectivity index (χ1) is 8.59. The average Bonchev–Trinajstić information content (AvgIpc) is 2.89. The number of imide groups is 1. The van der Waals surface area contributed by atoms with E-state index in [1.54, 1.807) is 17.0 Å². The van der Waals surface area contributed by atoms with E-state index in [4.69, 9.17) is 5.73 Å². The van der Waals surface area contributed by atoms with Gasteiger partial charge in [-0.3, -0.25) is 4.79 Å². The number of urea groups is 1. The first-order valence-electron chi connectivity index (χ1n) is 6.10. The summed E-state index contributed by atoms with van der Waals surface area (Å²) < 4.78 is 0. The third-order valence-corrected chi connectivity index (χ3v) is 3.67. The molecule has 3 amide bonds. The number of amides is 3. The number of hydrogen-bond acceptors (Lipinski definition) is 3. The highest BCUT2D eigenvalue weighted by molar-refractivity contribution is 6.22. The van der Waals surface area contributed by atoms with Crippen LogP contribution in [0.15, 0.2) is 18.2 Å². The summed E-state index contributed by atoms with van der Waals surface area (Å²) in [5.41, 5.74) is 7.79. The summed E-state index contributed by atoms with van der Waals surface area (Å²) in [5.74, 6) is -0.119. The molecule has 2 N–H and O–H groups in total. The molecule has 0 bridgehead atoms. The average molecular weight is 245 g/mol. The molecule has 1 aromatic carbocycles. The normalized spacial score (nSPS) is 22.8. The van der Waals surface area contributed by atoms with Crippen LogP contribution in [0.4, 0.5) is 16.2 Å². The van der Waals surface area contributed by atoms with Crippen LogP contribution in [0.25, 0.3) is 0 Å². The van der Waals surface area contributed by atoms with Crippen LogP contribution in [0.5, 0.6) is 0 Å². The van der Waals surface area contributed by atoms with Gasteiger partial charge in [0, 0.05) is 12.2 Å². The molecule has 2 saturated heterocycles. The van der Waals surface area contributed by atoms with Gasteiger partial charge in [0.15, 0.2) is 0 Å². The van der Waals surface area contributed by atoms with E-state index in [9.17, 15) is 9.59 Å². The molecule has 0 aromatic heterocycles. The minimum Gasteiger partial charge on any atom is -0.399 e. The van der Waals surface area contributed by atoms with Crippen molar-refractivity contribution in [3.8, 4) is 0 Å². The van der Waals surface area contributed by atoms with Crippen molar-refractivity contribution in [3.63, 3.8) is 0 Å². The zero-order chi connectivity index (χ0) is 12.9. The second-order valence-corrected chi connectivity index (χ2v) is 4.85. The van der Waals surface area contributed by atoms with E-state index in [2.05, 4.69) is 0 Å². The minimum absolute atomic E-state index is 0.119. The molecule has 0 saturated carbocycles. The number of rotatable bonds is 1. The lowest BCUT2D eigenvalue weighted by atomic mass is 10.1. The van der Waals surface area contributed by atoms with Gasteiger partial charge in [-0.25, -0.2) is 9.69 Å². The van der Waals surface area contributed by atoms with Crippen LogP contribution >= 0.6 is 0 Å². The summed E-state index contributed by atoms with van der Waals surface area (Å²) in [4.78, 5) is 27.5. The molecule has 2 heterocycles. The van der Waals surface area contributed by atoms with E-state index < -0.39 is 0 Å². The molecular formula is C13H15N3O2. The number of benzene rings is 1. The third kappa shape index (κ3) is 1.40. The summed E-state index contributed by atoms with van der Waals surface area (Å²) in [7, 11) is 0. The Morgan fingerprint density at radius 2 is 2.11 bits per heavy atom. The van der Waals surface area contributed by atoms with Crippen LogP contribution in [0, 0.1) is 6.92 Å². The standard InChI is InChI=1S/C13H15N3O2/c1-8-4-5-9(14)7-11(8)16-12(17)10-3-2-6-15(10)13(16)18/h4-5,7,10H,2-3,6,14H2,1H3/t10-/m0/s1. The largest absolute Gasteiger partial charge is 0.399 e. The maximum atomic E-state index is 12.3. The Balaban J connectivity index is 2.05. The van der Waals surface area contributed by atoms with Gasteiger partial charge in [-0.1, -0.05) is 6.07 Å². The molecule has 2 aliphatic heterocycles. The Kier molecular flexibility index (Phi) is 2.29. The lowest BCUT2D eigenvalue weighted by molar-refractivity contribution is -0.119. The Morgan fingerprint density at radius 3 is 2.83 bits per heavy atom. The first-order valence-corrected chi connectivity index (χ1v) is 6.10. The number of hydrogen-bond donors (Lipinski definition) is 1. The summed E-state index contributed by atoms with van der Waals surface area (Å²) in [5, 5.41) is 0. The number of nitrogen functional groups attached to an aromatic ring is 1. The van der Waals surface area contributed by atoms with Gasteiger partial charge in [0.25, 0.3) is 5.91 Å². The van der Waals surface area contributed by atoms with Crippen molar-refractivity contribution in [2.24, 2.45) is 0 Å². The van der Waals surface area contributed by atoms with E-state index in [1.807, 2.05) is 13.0 Å². The Morgan fingerprint density at radius 1 is 1.33 bits per heavy atom. The molecule has 2 fully saturated rings. The highest BCUT2D eigenvalue weighted by atomic mass is 16.2. The van der Waals surface area contributed by atoms with Crippen molar-refractivity contribution in [3.05, 3.63) is 23.8 Å². The fourth-order valence-electron chi connectivity index (χ4n) is 2.71. The number of nitrogens with two attached hydrogens (primary N) is 1. The molecule has 3 rings (SSSR count). The minimum atomic E-state index is -0.265. The van der Waals surface area contributed by atoms with Crippen LogP contribution in [-0.4, -0.2) is 29.4 Å². The fraction of sp³-hybridized carbons (Fsp3) is 0.385. The molecule has 5 nitrogen and oxygen atoms in total. The van der Waals surface area contributed by atoms with Crippen molar-refractivity contribution in [1.29, 1.82) is 0 Å². The topological polar surface area (TPSA) is 66.6 Å². The number of anilines is 2. The highest BCUT2D eigenvalue weighted by Crippen LogP contribution is 2.33. The predicted octanol–water partition coefficient (Wildman–Crippen LogP) is 1.51. The van der Waals surface area contributed by atoms with Gasteiger partial charge < -0.3 is 10.6 Å². The molecule has 18 heavy (non-hydrogen) atoms. The lowest BCUT2D eigenvalue weighted by Gasteiger charge is -2.18. The number of carbonyl (C=O) groups is 2. The Hall–Kier alpha value is -2.04. The van der Waals surface area contributed by atoms with Gasteiger partial charge in [0.1, 0.15) is 6.04 Å². The molecule has 94 valence electrons. The fourth-order valence-corrected chi connectivity index (χ4v) is 2.71. The summed E-state index contributed by atoms with van der Waals surface area (Å²) >= 11 is 0. The molecule has 0 radical (unpaired) electrons. The predicted molar refractivity (Wildman–Crippen MR) is 68.2 cm³/mol. The zero-order valence-electron chi connectivity index (χ0n) is 10.2. The number of nitrogens with zero attached hydrogens (tertiary/aromatic N) is 2. The van der Waals surface area contributed by atoms with Gasteiger partial charge in [0.2, 0.25) is 0 Å². The molecule has 0 aliphatic carbocycles. The van der Waals surface area contributed by atoms with E-state index >= 15 is 0 Å². The second-order valence-electron chi connectivity index (χ2n) is 4.85. The quantitative estimate of drug-likeness (QED) is 0.602. The zero-order valence-corrected chi connectivity index (χ0v) is 10.2. The molecular weight excluding hydrogens is 230 g/mol. The number of fused-ring (bicyclic) bond motifs is 1. The van der Waals surface area contributed by atoms with Crippen LogP contribution in [0.1, 0.15) is 18.4 Å². The summed E-state index contributed by atoms with van der Waals surface area (Å²) in [6.45, 7) is 2.55. The highest BCUT2D eigenvalue weighted by Gasteiger charge is 2.48. The maximum absolute atomic E-state index is 12.3. The van der Waals surface area contributed by atoms with Gasteiger partial charge in [-0.15, -0.1) is 0 Å². The van der Waals surface area contributed by atoms with Crippen molar-refractivity contribution in [2.45, 2.75) is 25.8 Å². The van der Waals surface area contributed by atoms with E-state index in [1.165, 1.54) is 4.90 Å². The monoisotopic (exact) mass is 245 g/mol. The Labute approximate surface area is 105 Å². The smallest absolute Gasteiger partial charge is 0.332 e. The molecule has 0 unspecified atom stereocenters. The summed E-state index contributed by atoms with van der Waals surface area (Å²) in [6.07, 6.45) is 1.67. The van der Waals surface area contributed by atoms with Crippen molar-refractivity contribution >= 4 is 23.3 Å². The second kappa shape index (κ2) is 3.73. The van der Waals surface area contributed by atoms with E-state index in [0.717, 1.165) is 18.4 Å². The lowest BCUT2D eigenvalue weighted by Crippen LogP contribution is -2.33. The van der Waals surface area contributed by atoms with Gasteiger partial charge in [-0.05, 0) is 37.5 Å². The van der Waals surface area contributed by atoms with Gasteiger partial charge >= 0.3 is 6.03 Å². The van der Waals surface area contributed by atoms with Crippen LogP contribution in [0.2, 0.25) is 0 Å². The SMILES string of the molecule is Cc1ccc(N)cc1N1C(=O)[C@@H]2CCCN2C1=O. The van der Waals surface area contributed by atoms with E-state index in [-0.39, 0.29) is 18.0 Å². The molecule has 0 spiro atoms. The van der Waals surface area contributed by atoms with Crippen LogP contribution < -0.4 is 10.6 Å². The van der Waals surface area contributed by atoms with Gasteiger partial charge in [0.05, 0.1) is 5.69 Å². The third-order valence-electron chi connectivity index (χ3n) is 3.67.